The molecular weight excluding hydrogens is 362 g/mol. The number of methoxy groups -OCH3 is 1. The molecule has 1 fully saturated rings. The second-order valence-corrected chi connectivity index (χ2v) is 9.53. The minimum absolute atomic E-state index is 0.108. The first-order valence-electron chi connectivity index (χ1n) is 8.34. The van der Waals surface area contributed by atoms with E-state index in [4.69, 9.17) is 4.74 Å². The van der Waals surface area contributed by atoms with Gasteiger partial charge in [0.1, 0.15) is 11.3 Å². The number of esters is 1. The monoisotopic (exact) mass is 381 g/mol. The highest BCUT2D eigenvalue weighted by Crippen LogP contribution is 2.41. The van der Waals surface area contributed by atoms with E-state index in [2.05, 4.69) is 10.1 Å². The molecule has 0 amide bonds. The Morgan fingerprint density at radius 2 is 2.20 bits per heavy atom. The lowest BCUT2D eigenvalue weighted by Crippen LogP contribution is -2.14. The van der Waals surface area contributed by atoms with Crippen LogP contribution in [0.5, 0.6) is 0 Å². The van der Waals surface area contributed by atoms with E-state index in [0.717, 1.165) is 48.4 Å². The van der Waals surface area contributed by atoms with Crippen LogP contribution in [0.1, 0.15) is 59.0 Å². The lowest BCUT2D eigenvalue weighted by Gasteiger charge is -2.13. The lowest BCUT2D eigenvalue weighted by atomic mass is 10.1. The van der Waals surface area contributed by atoms with Crippen molar-refractivity contribution in [3.8, 4) is 0 Å². The number of ether oxygens (including phenoxy) is 1. The fourth-order valence-corrected chi connectivity index (χ4v) is 5.67. The minimum Gasteiger partial charge on any atom is -0.465 e. The number of carbonyl (C=O) groups is 1. The van der Waals surface area contributed by atoms with Crippen LogP contribution < -0.4 is 0 Å². The zero-order valence-corrected chi connectivity index (χ0v) is 15.5. The van der Waals surface area contributed by atoms with Crippen molar-refractivity contribution in [3.05, 3.63) is 28.0 Å². The Balaban J connectivity index is 1.69. The molecule has 0 saturated heterocycles. The number of fused-ring (bicyclic) bond motifs is 1. The molecule has 4 rings (SSSR count). The highest BCUT2D eigenvalue weighted by Gasteiger charge is 2.32. The largest absolute Gasteiger partial charge is 0.465 e. The summed E-state index contributed by atoms with van der Waals surface area (Å²) >= 11 is 1.15. The summed E-state index contributed by atoms with van der Waals surface area (Å²) in [6.45, 7) is 0.697. The molecule has 1 aliphatic heterocycles. The van der Waals surface area contributed by atoms with Crippen molar-refractivity contribution in [2.24, 2.45) is 0 Å². The van der Waals surface area contributed by atoms with E-state index in [1.165, 1.54) is 7.11 Å². The summed E-state index contributed by atoms with van der Waals surface area (Å²) in [6.07, 6.45) is 4.78. The van der Waals surface area contributed by atoms with E-state index in [9.17, 15) is 13.2 Å². The Bertz CT molecular complexity index is 925. The van der Waals surface area contributed by atoms with Gasteiger partial charge < -0.3 is 4.74 Å². The number of aromatic nitrogens is 3. The van der Waals surface area contributed by atoms with Crippen LogP contribution in [0.3, 0.4) is 0 Å². The van der Waals surface area contributed by atoms with Gasteiger partial charge in [-0.3, -0.25) is 4.68 Å². The number of rotatable bonds is 5. The van der Waals surface area contributed by atoms with Crippen LogP contribution in [0.15, 0.2) is 9.72 Å². The number of sulfone groups is 1. The van der Waals surface area contributed by atoms with Gasteiger partial charge in [0.05, 0.1) is 24.2 Å². The summed E-state index contributed by atoms with van der Waals surface area (Å²) in [6, 6.07) is 0. The minimum atomic E-state index is -3.64. The van der Waals surface area contributed by atoms with Gasteiger partial charge in [0, 0.05) is 17.8 Å². The summed E-state index contributed by atoms with van der Waals surface area (Å²) in [5.74, 6) is -0.438. The number of nitrogens with zero attached hydrogens (tertiary/aromatic N) is 3. The molecule has 2 aromatic heterocycles. The molecule has 7 nitrogen and oxygen atoms in total. The van der Waals surface area contributed by atoms with Gasteiger partial charge in [0.2, 0.25) is 14.2 Å². The number of hydrogen-bond acceptors (Lipinski definition) is 7. The molecule has 0 radical (unpaired) electrons. The normalized spacial score (nSPS) is 17.3. The molecule has 0 bridgehead atoms. The Labute approximate surface area is 149 Å². The molecule has 134 valence electrons. The highest BCUT2D eigenvalue weighted by molar-refractivity contribution is 7.92. The van der Waals surface area contributed by atoms with Crippen molar-refractivity contribution < 1.29 is 17.9 Å². The number of thiazole rings is 1. The van der Waals surface area contributed by atoms with E-state index >= 15 is 0 Å². The van der Waals surface area contributed by atoms with E-state index in [1.54, 1.807) is 4.68 Å². The summed E-state index contributed by atoms with van der Waals surface area (Å²) in [5, 5.41) is 6.22. The molecule has 0 unspecified atom stereocenters. The molecule has 9 heteroatoms. The zero-order chi connectivity index (χ0) is 17.6. The summed E-state index contributed by atoms with van der Waals surface area (Å²) in [5.41, 5.74) is 2.22. The summed E-state index contributed by atoms with van der Waals surface area (Å²) < 4.78 is 32.3. The van der Waals surface area contributed by atoms with E-state index in [0.29, 0.717) is 24.4 Å². The third-order valence-electron chi connectivity index (χ3n) is 4.64. The maximum atomic E-state index is 12.8. The molecule has 0 aromatic carbocycles. The van der Waals surface area contributed by atoms with Gasteiger partial charge in [-0.05, 0) is 32.1 Å². The van der Waals surface area contributed by atoms with Crippen molar-refractivity contribution in [2.75, 3.05) is 7.11 Å². The molecule has 0 atom stereocenters. The molecule has 25 heavy (non-hydrogen) atoms. The Morgan fingerprint density at radius 1 is 1.40 bits per heavy atom. The van der Waals surface area contributed by atoms with Crippen LogP contribution >= 0.6 is 11.3 Å². The molecule has 0 spiro atoms. The van der Waals surface area contributed by atoms with Gasteiger partial charge in [-0.1, -0.05) is 0 Å². The first-order chi connectivity index (χ1) is 12.0. The average Bonchev–Trinajstić information content (AvgIpc) is 3.19. The van der Waals surface area contributed by atoms with Crippen molar-refractivity contribution in [1.82, 2.24) is 14.8 Å². The topological polar surface area (TPSA) is 91.2 Å². The van der Waals surface area contributed by atoms with Gasteiger partial charge >= 0.3 is 5.97 Å². The average molecular weight is 381 g/mol. The van der Waals surface area contributed by atoms with Gasteiger partial charge in [-0.25, -0.2) is 18.2 Å². The molecule has 2 aromatic rings. The van der Waals surface area contributed by atoms with Crippen molar-refractivity contribution >= 4 is 27.1 Å². The van der Waals surface area contributed by atoms with Gasteiger partial charge in [-0.2, -0.15) is 5.10 Å². The Hall–Kier alpha value is -1.74. The molecular formula is C16H19N3O4S2. The fraction of sp³-hybridized carbons (Fsp3) is 0.562. The van der Waals surface area contributed by atoms with Crippen molar-refractivity contribution in [3.63, 3.8) is 0 Å². The maximum Gasteiger partial charge on any atom is 0.341 e. The SMILES string of the molecule is COC(=O)c1c(CS(=O)(=O)c2nc(C3CC3)cs2)nn2c1CCCC2. The maximum absolute atomic E-state index is 12.8. The van der Waals surface area contributed by atoms with Crippen LogP contribution in [0.4, 0.5) is 0 Å². The quantitative estimate of drug-likeness (QED) is 0.738. The third kappa shape index (κ3) is 3.10. The molecule has 2 aliphatic rings. The van der Waals surface area contributed by atoms with E-state index < -0.39 is 15.8 Å². The van der Waals surface area contributed by atoms with Crippen LogP contribution in [0, 0.1) is 0 Å². The van der Waals surface area contributed by atoms with Crippen LogP contribution in [0.2, 0.25) is 0 Å². The van der Waals surface area contributed by atoms with Crippen LogP contribution in [-0.4, -0.2) is 36.3 Å². The lowest BCUT2D eigenvalue weighted by molar-refractivity contribution is 0.0598. The number of carbonyl (C=O) groups excluding carboxylic acids is 1. The Morgan fingerprint density at radius 3 is 2.92 bits per heavy atom. The van der Waals surface area contributed by atoms with Crippen molar-refractivity contribution in [1.29, 1.82) is 0 Å². The number of aryl methyl sites for hydroxylation is 1. The van der Waals surface area contributed by atoms with Crippen LogP contribution in [-0.2, 0) is 33.3 Å². The smallest absolute Gasteiger partial charge is 0.341 e. The first-order valence-corrected chi connectivity index (χ1v) is 10.9. The highest BCUT2D eigenvalue weighted by atomic mass is 32.2. The third-order valence-corrected chi connectivity index (χ3v) is 7.62. The Kier molecular flexibility index (Phi) is 4.15. The van der Waals surface area contributed by atoms with Gasteiger partial charge in [-0.15, -0.1) is 11.3 Å². The van der Waals surface area contributed by atoms with Crippen molar-refractivity contribution in [2.45, 2.75) is 54.7 Å². The predicted octanol–water partition coefficient (Wildman–Crippen LogP) is 2.31. The van der Waals surface area contributed by atoms with E-state index in [-0.39, 0.29) is 15.8 Å². The fourth-order valence-electron chi connectivity index (χ4n) is 3.20. The van der Waals surface area contributed by atoms with E-state index in [1.807, 2.05) is 5.38 Å². The second kappa shape index (κ2) is 6.21. The first kappa shape index (κ1) is 16.7. The second-order valence-electron chi connectivity index (χ2n) is 6.51. The molecule has 3 heterocycles. The molecule has 0 N–H and O–H groups in total. The van der Waals surface area contributed by atoms with Crippen LogP contribution in [0.25, 0.3) is 0 Å². The van der Waals surface area contributed by atoms with Gasteiger partial charge in [0.15, 0.2) is 0 Å². The molecule has 1 aliphatic carbocycles. The van der Waals surface area contributed by atoms with Gasteiger partial charge in [0.25, 0.3) is 0 Å². The standard InChI is InChI=1S/C16H19N3O4S2/c1-23-15(20)14-12(18-19-7-3-2-4-13(14)19)9-25(21,22)16-17-11(8-24-16)10-5-6-10/h8,10H,2-7,9H2,1H3. The summed E-state index contributed by atoms with van der Waals surface area (Å²) in [4.78, 5) is 16.5. The molecule has 1 saturated carbocycles. The summed E-state index contributed by atoms with van der Waals surface area (Å²) in [7, 11) is -2.34. The predicted molar refractivity (Wildman–Crippen MR) is 91.5 cm³/mol. The number of hydrogen-bond donors (Lipinski definition) is 0. The zero-order valence-electron chi connectivity index (χ0n) is 13.9.